The van der Waals surface area contributed by atoms with E-state index < -0.39 is 0 Å². The lowest BCUT2D eigenvalue weighted by molar-refractivity contribution is -0.139. The molecule has 92 valence electrons. The van der Waals surface area contributed by atoms with Gasteiger partial charge in [0.05, 0.1) is 18.4 Å². The number of carbonyl (C=O) groups excluding carboxylic acids is 2. The number of rotatable bonds is 4. The Hall–Kier alpha value is -0.680. The lowest BCUT2D eigenvalue weighted by Crippen LogP contribution is -2.12. The smallest absolute Gasteiger partial charge is 0.310 e. The molecule has 17 heavy (non-hydrogen) atoms. The number of ketones is 1. The van der Waals surface area contributed by atoms with Crippen LogP contribution in [0.4, 0.5) is 0 Å². The largest absolute Gasteiger partial charge is 0.469 e. The van der Waals surface area contributed by atoms with Gasteiger partial charge in [0, 0.05) is 10.0 Å². The van der Waals surface area contributed by atoms with E-state index in [1.54, 1.807) is 25.1 Å². The molecule has 1 aromatic carbocycles. The molecule has 1 aromatic rings. The average molecular weight is 364 g/mol. The standard InChI is InChI=1S/C12H12Br2O3/c1-7(13)12(16)9-5-3-4-8(11(9)14)6-10(15)17-2/h3-5,7H,6H2,1-2H3. The molecule has 0 bridgehead atoms. The zero-order chi connectivity index (χ0) is 13.0. The minimum atomic E-state index is -0.331. The van der Waals surface area contributed by atoms with Gasteiger partial charge >= 0.3 is 5.97 Å². The third kappa shape index (κ3) is 3.64. The molecule has 0 fully saturated rings. The van der Waals surface area contributed by atoms with E-state index in [0.717, 1.165) is 5.56 Å². The summed E-state index contributed by atoms with van der Waals surface area (Å²) in [5.74, 6) is -0.356. The van der Waals surface area contributed by atoms with Crippen LogP contribution in [0, 0.1) is 0 Å². The van der Waals surface area contributed by atoms with Crippen molar-refractivity contribution in [1.29, 1.82) is 0 Å². The van der Waals surface area contributed by atoms with Crippen LogP contribution in [0.3, 0.4) is 0 Å². The number of hydrogen-bond acceptors (Lipinski definition) is 3. The monoisotopic (exact) mass is 362 g/mol. The lowest BCUT2D eigenvalue weighted by atomic mass is 10.0. The highest BCUT2D eigenvalue weighted by Crippen LogP contribution is 2.25. The first-order valence-electron chi connectivity index (χ1n) is 4.99. The van der Waals surface area contributed by atoms with E-state index in [4.69, 9.17) is 0 Å². The molecule has 1 atom stereocenters. The highest BCUT2D eigenvalue weighted by molar-refractivity contribution is 9.10. The normalized spacial score (nSPS) is 12.0. The number of esters is 1. The van der Waals surface area contributed by atoms with E-state index in [1.807, 2.05) is 0 Å². The first-order valence-corrected chi connectivity index (χ1v) is 6.70. The van der Waals surface area contributed by atoms with Crippen LogP contribution in [0.2, 0.25) is 0 Å². The maximum atomic E-state index is 11.9. The van der Waals surface area contributed by atoms with Crippen molar-refractivity contribution in [3.8, 4) is 0 Å². The molecule has 0 amide bonds. The first-order chi connectivity index (χ1) is 7.97. The summed E-state index contributed by atoms with van der Waals surface area (Å²) < 4.78 is 5.26. The minimum Gasteiger partial charge on any atom is -0.469 e. The maximum absolute atomic E-state index is 11.9. The van der Waals surface area contributed by atoms with Crippen molar-refractivity contribution in [1.82, 2.24) is 0 Å². The number of benzene rings is 1. The second-order valence-electron chi connectivity index (χ2n) is 3.51. The van der Waals surface area contributed by atoms with Crippen molar-refractivity contribution in [2.24, 2.45) is 0 Å². The molecule has 0 spiro atoms. The molecular weight excluding hydrogens is 352 g/mol. The third-order valence-corrected chi connectivity index (χ3v) is 3.62. The Kier molecular flexibility index (Phi) is 5.33. The summed E-state index contributed by atoms with van der Waals surface area (Å²) in [7, 11) is 1.34. The molecule has 0 saturated heterocycles. The third-order valence-electron chi connectivity index (χ3n) is 2.27. The lowest BCUT2D eigenvalue weighted by Gasteiger charge is -2.09. The van der Waals surface area contributed by atoms with Gasteiger partial charge in [-0.2, -0.15) is 0 Å². The Morgan fingerprint density at radius 2 is 2.06 bits per heavy atom. The number of methoxy groups -OCH3 is 1. The van der Waals surface area contributed by atoms with Gasteiger partial charge in [0.15, 0.2) is 5.78 Å². The molecule has 0 aliphatic carbocycles. The fraction of sp³-hybridized carbons (Fsp3) is 0.333. The fourth-order valence-electron chi connectivity index (χ4n) is 1.35. The molecule has 0 heterocycles. The number of alkyl halides is 1. The van der Waals surface area contributed by atoms with Gasteiger partial charge in [-0.3, -0.25) is 9.59 Å². The zero-order valence-corrected chi connectivity index (χ0v) is 12.7. The molecule has 1 unspecified atom stereocenters. The number of halogens is 2. The predicted molar refractivity (Wildman–Crippen MR) is 72.6 cm³/mol. The van der Waals surface area contributed by atoms with E-state index >= 15 is 0 Å². The second kappa shape index (κ2) is 6.31. The van der Waals surface area contributed by atoms with Crippen molar-refractivity contribution >= 4 is 43.6 Å². The fourth-order valence-corrected chi connectivity index (χ4v) is 2.20. The second-order valence-corrected chi connectivity index (χ2v) is 5.68. The molecule has 0 N–H and O–H groups in total. The van der Waals surface area contributed by atoms with E-state index in [1.165, 1.54) is 7.11 Å². The Balaban J connectivity index is 3.07. The number of ether oxygens (including phenoxy) is 1. The topological polar surface area (TPSA) is 43.4 Å². The van der Waals surface area contributed by atoms with Crippen LogP contribution >= 0.6 is 31.9 Å². The maximum Gasteiger partial charge on any atom is 0.310 e. The minimum absolute atomic E-state index is 0.0245. The first kappa shape index (κ1) is 14.4. The van der Waals surface area contributed by atoms with Crippen LogP contribution < -0.4 is 0 Å². The summed E-state index contributed by atoms with van der Waals surface area (Å²) in [6, 6.07) is 5.27. The van der Waals surface area contributed by atoms with E-state index in [-0.39, 0.29) is 23.0 Å². The number of hydrogen-bond donors (Lipinski definition) is 0. The van der Waals surface area contributed by atoms with Gasteiger partial charge in [-0.05, 0) is 28.4 Å². The Morgan fingerprint density at radius 1 is 1.41 bits per heavy atom. The predicted octanol–water partition coefficient (Wildman–Crippen LogP) is 3.13. The van der Waals surface area contributed by atoms with Crippen LogP contribution in [0.5, 0.6) is 0 Å². The van der Waals surface area contributed by atoms with Gasteiger partial charge in [-0.1, -0.05) is 34.1 Å². The van der Waals surface area contributed by atoms with Crippen LogP contribution in [0.1, 0.15) is 22.8 Å². The van der Waals surface area contributed by atoms with E-state index in [0.29, 0.717) is 10.0 Å². The van der Waals surface area contributed by atoms with Crippen molar-refractivity contribution in [2.75, 3.05) is 7.11 Å². The molecule has 0 radical (unpaired) electrons. The number of carbonyl (C=O) groups is 2. The summed E-state index contributed by atoms with van der Waals surface area (Å²) in [4.78, 5) is 22.8. The van der Waals surface area contributed by atoms with Crippen molar-refractivity contribution in [3.63, 3.8) is 0 Å². The van der Waals surface area contributed by atoms with Crippen LogP contribution in [0.15, 0.2) is 22.7 Å². The van der Waals surface area contributed by atoms with Crippen LogP contribution in [-0.2, 0) is 16.0 Å². The Bertz CT molecular complexity index is 441. The van der Waals surface area contributed by atoms with Crippen molar-refractivity contribution in [2.45, 2.75) is 18.2 Å². The van der Waals surface area contributed by atoms with Gasteiger partial charge < -0.3 is 4.74 Å². The van der Waals surface area contributed by atoms with Gasteiger partial charge in [0.1, 0.15) is 0 Å². The SMILES string of the molecule is COC(=O)Cc1cccc(C(=O)C(C)Br)c1Br. The summed E-state index contributed by atoms with van der Waals surface area (Å²) in [6.07, 6.45) is 0.148. The number of Topliss-reactive ketones (excluding diaryl/α,β-unsaturated/α-hetero) is 1. The van der Waals surface area contributed by atoms with Crippen molar-refractivity contribution in [3.05, 3.63) is 33.8 Å². The summed E-state index contributed by atoms with van der Waals surface area (Å²) in [5, 5.41) is 0. The van der Waals surface area contributed by atoms with Crippen LogP contribution in [-0.4, -0.2) is 23.7 Å². The summed E-state index contributed by atoms with van der Waals surface area (Å²) in [6.45, 7) is 1.77. The van der Waals surface area contributed by atoms with Gasteiger partial charge in [0.25, 0.3) is 0 Å². The molecule has 0 aromatic heterocycles. The summed E-state index contributed by atoms with van der Waals surface area (Å²) >= 11 is 6.60. The molecular formula is C12H12Br2O3. The molecule has 0 aliphatic heterocycles. The molecule has 5 heteroatoms. The van der Waals surface area contributed by atoms with Gasteiger partial charge in [0.2, 0.25) is 0 Å². The highest BCUT2D eigenvalue weighted by Gasteiger charge is 2.17. The molecule has 0 saturated carbocycles. The highest BCUT2D eigenvalue weighted by atomic mass is 79.9. The average Bonchev–Trinajstić information content (AvgIpc) is 2.30. The van der Waals surface area contributed by atoms with Gasteiger partial charge in [-0.25, -0.2) is 0 Å². The zero-order valence-electron chi connectivity index (χ0n) is 9.50. The van der Waals surface area contributed by atoms with Crippen molar-refractivity contribution < 1.29 is 14.3 Å². The van der Waals surface area contributed by atoms with Crippen LogP contribution in [0.25, 0.3) is 0 Å². The van der Waals surface area contributed by atoms with Gasteiger partial charge in [-0.15, -0.1) is 0 Å². The quantitative estimate of drug-likeness (QED) is 0.469. The Morgan fingerprint density at radius 3 is 2.59 bits per heavy atom. The Labute approximate surface area is 117 Å². The molecule has 1 rings (SSSR count). The molecule has 3 nitrogen and oxygen atoms in total. The molecule has 0 aliphatic rings. The van der Waals surface area contributed by atoms with E-state index in [2.05, 4.69) is 36.6 Å². The van der Waals surface area contributed by atoms with E-state index in [9.17, 15) is 9.59 Å². The summed E-state index contributed by atoms with van der Waals surface area (Å²) in [5.41, 5.74) is 1.31.